The molecule has 1 atom stereocenters. The third-order valence-electron chi connectivity index (χ3n) is 3.95. The summed E-state index contributed by atoms with van der Waals surface area (Å²) in [6.45, 7) is 0. The van der Waals surface area contributed by atoms with Gasteiger partial charge in [-0.2, -0.15) is 4.98 Å². The molecule has 3 heterocycles. The second-order valence-electron chi connectivity index (χ2n) is 5.43. The lowest BCUT2D eigenvalue weighted by atomic mass is 9.97. The number of hydrogen-bond donors (Lipinski definition) is 1. The predicted molar refractivity (Wildman–Crippen MR) is 85.6 cm³/mol. The van der Waals surface area contributed by atoms with Crippen molar-refractivity contribution < 1.29 is 14.1 Å². The van der Waals surface area contributed by atoms with Crippen LogP contribution in [0.25, 0.3) is 11.5 Å². The van der Waals surface area contributed by atoms with Gasteiger partial charge in [-0.15, -0.1) is 0 Å². The minimum Gasteiger partial charge on any atom is -0.497 e. The molecule has 1 aromatic carbocycles. The van der Waals surface area contributed by atoms with Gasteiger partial charge >= 0.3 is 0 Å². The Hall–Kier alpha value is -3.22. The van der Waals surface area contributed by atoms with Crippen LogP contribution in [-0.4, -0.2) is 28.1 Å². The predicted octanol–water partition coefficient (Wildman–Crippen LogP) is 2.42. The Labute approximate surface area is 137 Å². The van der Waals surface area contributed by atoms with Crippen LogP contribution in [0.15, 0.2) is 47.1 Å². The highest BCUT2D eigenvalue weighted by molar-refractivity contribution is 6.03. The normalized spacial score (nSPS) is 15.9. The van der Waals surface area contributed by atoms with Crippen molar-refractivity contribution in [3.8, 4) is 17.3 Å². The van der Waals surface area contributed by atoms with Crippen molar-refractivity contribution in [1.82, 2.24) is 15.1 Å². The van der Waals surface area contributed by atoms with E-state index in [0.717, 1.165) is 11.3 Å². The molecule has 0 aliphatic carbocycles. The van der Waals surface area contributed by atoms with E-state index in [2.05, 4.69) is 20.4 Å². The summed E-state index contributed by atoms with van der Waals surface area (Å²) >= 11 is 0. The van der Waals surface area contributed by atoms with E-state index in [1.165, 1.54) is 0 Å². The van der Waals surface area contributed by atoms with Crippen LogP contribution in [0.4, 0.5) is 5.69 Å². The lowest BCUT2D eigenvalue weighted by Crippen LogP contribution is -2.14. The van der Waals surface area contributed by atoms with Crippen molar-refractivity contribution in [2.45, 2.75) is 12.3 Å². The summed E-state index contributed by atoms with van der Waals surface area (Å²) in [5, 5.41) is 6.80. The number of nitrogens with zero attached hydrogens (tertiary/aromatic N) is 3. The maximum atomic E-state index is 12.3. The number of anilines is 1. The van der Waals surface area contributed by atoms with Gasteiger partial charge in [-0.1, -0.05) is 17.3 Å². The van der Waals surface area contributed by atoms with Crippen molar-refractivity contribution in [2.75, 3.05) is 12.4 Å². The van der Waals surface area contributed by atoms with Crippen LogP contribution in [0.3, 0.4) is 0 Å². The summed E-state index contributed by atoms with van der Waals surface area (Å²) < 4.78 is 10.5. The monoisotopic (exact) mass is 322 g/mol. The minimum absolute atomic E-state index is 0.0872. The van der Waals surface area contributed by atoms with Gasteiger partial charge in [0, 0.05) is 24.4 Å². The Morgan fingerprint density at radius 1 is 1.29 bits per heavy atom. The number of carbonyl (C=O) groups is 1. The molecule has 0 saturated carbocycles. The Balaban J connectivity index is 1.59. The maximum Gasteiger partial charge on any atom is 0.232 e. The molecule has 0 fully saturated rings. The number of pyridine rings is 1. The topological polar surface area (TPSA) is 90.1 Å². The number of benzene rings is 1. The van der Waals surface area contributed by atoms with Crippen molar-refractivity contribution in [3.05, 3.63) is 54.0 Å². The van der Waals surface area contributed by atoms with Crippen molar-refractivity contribution in [3.63, 3.8) is 0 Å². The van der Waals surface area contributed by atoms with Crippen LogP contribution in [-0.2, 0) is 11.2 Å². The molecule has 0 bridgehead atoms. The van der Waals surface area contributed by atoms with Crippen LogP contribution >= 0.6 is 0 Å². The first-order valence-corrected chi connectivity index (χ1v) is 7.47. The van der Waals surface area contributed by atoms with E-state index < -0.39 is 0 Å². The first kappa shape index (κ1) is 14.4. The highest BCUT2D eigenvalue weighted by Crippen LogP contribution is 2.36. The molecule has 24 heavy (non-hydrogen) atoms. The first-order chi connectivity index (χ1) is 11.7. The van der Waals surface area contributed by atoms with Gasteiger partial charge in [-0.3, -0.25) is 9.78 Å². The van der Waals surface area contributed by atoms with Crippen LogP contribution < -0.4 is 10.1 Å². The quantitative estimate of drug-likeness (QED) is 0.793. The smallest absolute Gasteiger partial charge is 0.232 e. The summed E-state index contributed by atoms with van der Waals surface area (Å²) in [6.07, 6.45) is 2.00. The minimum atomic E-state index is -0.358. The maximum absolute atomic E-state index is 12.3. The van der Waals surface area contributed by atoms with Crippen molar-refractivity contribution in [2.24, 2.45) is 0 Å². The summed E-state index contributed by atoms with van der Waals surface area (Å²) in [6, 6.07) is 11.0. The highest BCUT2D eigenvalue weighted by atomic mass is 16.5. The van der Waals surface area contributed by atoms with Crippen LogP contribution in [0.2, 0.25) is 0 Å². The van der Waals surface area contributed by atoms with Crippen molar-refractivity contribution >= 4 is 11.6 Å². The number of hydrogen-bond acceptors (Lipinski definition) is 6. The fourth-order valence-electron chi connectivity index (χ4n) is 2.75. The number of nitrogens with one attached hydrogen (secondary N) is 1. The van der Waals surface area contributed by atoms with Gasteiger partial charge in [0.2, 0.25) is 17.6 Å². The van der Waals surface area contributed by atoms with Gasteiger partial charge < -0.3 is 14.6 Å². The van der Waals surface area contributed by atoms with E-state index in [1.807, 2.05) is 24.3 Å². The molecule has 2 aromatic heterocycles. The van der Waals surface area contributed by atoms with Crippen LogP contribution in [0.5, 0.6) is 5.75 Å². The number of aromatic nitrogens is 3. The Morgan fingerprint density at radius 3 is 3.00 bits per heavy atom. The number of amides is 1. The third-order valence-corrected chi connectivity index (χ3v) is 3.95. The molecule has 120 valence electrons. The van der Waals surface area contributed by atoms with Crippen LogP contribution in [0, 0.1) is 0 Å². The molecule has 0 spiro atoms. The van der Waals surface area contributed by atoms with Gasteiger partial charge in [-0.05, 0) is 23.8 Å². The van der Waals surface area contributed by atoms with Crippen LogP contribution in [0.1, 0.15) is 17.4 Å². The zero-order valence-electron chi connectivity index (χ0n) is 12.9. The van der Waals surface area contributed by atoms with E-state index >= 15 is 0 Å². The third kappa shape index (κ3) is 2.50. The zero-order chi connectivity index (χ0) is 16.5. The van der Waals surface area contributed by atoms with Gasteiger partial charge in [0.1, 0.15) is 11.4 Å². The molecule has 7 nitrogen and oxygen atoms in total. The number of methoxy groups -OCH3 is 1. The van der Waals surface area contributed by atoms with Gasteiger partial charge in [-0.25, -0.2) is 0 Å². The molecule has 3 aromatic rings. The number of carbonyl (C=O) groups excluding carboxylic acids is 1. The van der Waals surface area contributed by atoms with Gasteiger partial charge in [0.15, 0.2) is 0 Å². The number of rotatable bonds is 4. The van der Waals surface area contributed by atoms with E-state index in [0.29, 0.717) is 29.6 Å². The van der Waals surface area contributed by atoms with E-state index in [-0.39, 0.29) is 11.8 Å². The van der Waals surface area contributed by atoms with Gasteiger partial charge in [0.05, 0.1) is 13.0 Å². The molecule has 1 aliphatic rings. The fraction of sp³-hybridized carbons (Fsp3) is 0.176. The molecule has 1 amide bonds. The number of ether oxygens (including phenoxy) is 1. The van der Waals surface area contributed by atoms with E-state index in [4.69, 9.17) is 9.26 Å². The largest absolute Gasteiger partial charge is 0.497 e. The first-order valence-electron chi connectivity index (χ1n) is 7.47. The summed E-state index contributed by atoms with van der Waals surface area (Å²) in [5.41, 5.74) is 2.29. The molecular weight excluding hydrogens is 308 g/mol. The average Bonchev–Trinajstić information content (AvgIpc) is 3.20. The second-order valence-corrected chi connectivity index (χ2v) is 5.43. The van der Waals surface area contributed by atoms with E-state index in [9.17, 15) is 4.79 Å². The Kier molecular flexibility index (Phi) is 3.45. The molecule has 0 unspecified atom stereocenters. The molecule has 0 saturated heterocycles. The molecule has 4 rings (SSSR count). The summed E-state index contributed by atoms with van der Waals surface area (Å²) in [5.74, 6) is 1.07. The van der Waals surface area contributed by atoms with E-state index in [1.54, 1.807) is 25.4 Å². The molecule has 7 heteroatoms. The molecule has 0 radical (unpaired) electrons. The molecule has 1 N–H and O–H groups in total. The fourth-order valence-corrected chi connectivity index (χ4v) is 2.75. The number of fused-ring (bicyclic) bond motifs is 1. The lowest BCUT2D eigenvalue weighted by molar-refractivity contribution is -0.117. The Morgan fingerprint density at radius 2 is 2.21 bits per heavy atom. The summed E-state index contributed by atoms with van der Waals surface area (Å²) in [4.78, 5) is 20.8. The molecule has 1 aliphatic heterocycles. The lowest BCUT2D eigenvalue weighted by Gasteiger charge is -2.06. The van der Waals surface area contributed by atoms with Crippen molar-refractivity contribution in [1.29, 1.82) is 0 Å². The summed E-state index contributed by atoms with van der Waals surface area (Å²) in [7, 11) is 1.59. The highest BCUT2D eigenvalue weighted by Gasteiger charge is 2.32. The Bertz CT molecular complexity index is 892. The average molecular weight is 322 g/mol. The molecular formula is C17H14N4O3. The SMILES string of the molecule is COc1ccc2c(c1)NC(=O)[C@H]2Cc1nc(-c2ccccn2)no1. The van der Waals surface area contributed by atoms with Gasteiger partial charge in [0.25, 0.3) is 0 Å². The standard InChI is InChI=1S/C17H14N4O3/c1-23-10-5-6-11-12(17(22)19-14(11)8-10)9-15-20-16(21-24-15)13-4-2-3-7-18-13/h2-8,12H,9H2,1H3,(H,19,22)/t12-/m0/s1. The second kappa shape index (κ2) is 5.77. The zero-order valence-corrected chi connectivity index (χ0v) is 12.9.